The van der Waals surface area contributed by atoms with E-state index in [1.54, 1.807) is 0 Å². The van der Waals surface area contributed by atoms with Crippen molar-refractivity contribution in [1.29, 1.82) is 0 Å². The third-order valence-corrected chi connectivity index (χ3v) is 12.9. The van der Waals surface area contributed by atoms with E-state index in [2.05, 4.69) is 198 Å². The van der Waals surface area contributed by atoms with Gasteiger partial charge in [0.25, 0.3) is 0 Å². The Hall–Kier alpha value is -6.24. The monoisotopic (exact) mass is 688 g/mol. The molecule has 54 heavy (non-hydrogen) atoms. The van der Waals surface area contributed by atoms with Gasteiger partial charge in [0.05, 0.1) is 0 Å². The summed E-state index contributed by atoms with van der Waals surface area (Å²) in [4.78, 5) is 0. The zero-order chi connectivity index (χ0) is 36.3. The largest absolute Gasteiger partial charge is 0.0622 e. The molecule has 0 spiro atoms. The maximum absolute atomic E-state index is 2.52. The Balaban J connectivity index is 1.15. The molecule has 0 nitrogen and oxygen atoms in total. The highest BCUT2D eigenvalue weighted by molar-refractivity contribution is 6.24. The maximum Gasteiger partial charge on any atom is 0.0165 e. The first-order chi connectivity index (χ1) is 26.3. The number of rotatable bonds is 3. The lowest BCUT2D eigenvalue weighted by molar-refractivity contribution is 0.647. The summed E-state index contributed by atoms with van der Waals surface area (Å²) in [6, 6.07) is 63.7. The third-order valence-electron chi connectivity index (χ3n) is 12.9. The van der Waals surface area contributed by atoms with Crippen LogP contribution in [0.4, 0.5) is 0 Å². The van der Waals surface area contributed by atoms with E-state index in [1.807, 2.05) is 0 Å². The van der Waals surface area contributed by atoms with Gasteiger partial charge in [-0.05, 0) is 116 Å². The number of fused-ring (bicyclic) bond motifs is 10. The normalized spacial score (nSPS) is 14.6. The SMILES string of the molecule is CC1(C)c2ccccc2-c2c1ccc1c2C(C)(C)c2cc(-c3c4ccccc4c(-c4ccc(-c5ccccc5)c5ccccc45)c4ccccc34)ccc2-1. The molecule has 0 N–H and O–H groups in total. The average Bonchev–Trinajstić information content (AvgIpc) is 3.59. The lowest BCUT2D eigenvalue weighted by Crippen LogP contribution is -2.18. The molecule has 256 valence electrons. The Morgan fingerprint density at radius 1 is 0.278 bits per heavy atom. The molecule has 0 heteroatoms. The number of hydrogen-bond donors (Lipinski definition) is 0. The molecule has 0 heterocycles. The van der Waals surface area contributed by atoms with E-state index in [-0.39, 0.29) is 10.8 Å². The molecular weight excluding hydrogens is 649 g/mol. The van der Waals surface area contributed by atoms with Crippen molar-refractivity contribution < 1.29 is 0 Å². The van der Waals surface area contributed by atoms with Crippen LogP contribution in [0.25, 0.3) is 88.0 Å². The summed E-state index contributed by atoms with van der Waals surface area (Å²) in [5, 5.41) is 7.68. The Morgan fingerprint density at radius 3 is 1.48 bits per heavy atom. The van der Waals surface area contributed by atoms with Crippen molar-refractivity contribution in [1.82, 2.24) is 0 Å². The van der Waals surface area contributed by atoms with Crippen molar-refractivity contribution in [2.75, 3.05) is 0 Å². The molecule has 0 radical (unpaired) electrons. The second-order valence-corrected chi connectivity index (χ2v) is 16.4. The van der Waals surface area contributed by atoms with Gasteiger partial charge in [-0.2, -0.15) is 0 Å². The molecule has 0 saturated heterocycles. The fraction of sp³-hybridized carbons (Fsp3) is 0.111. The van der Waals surface area contributed by atoms with Crippen LogP contribution in [-0.2, 0) is 10.8 Å². The highest BCUT2D eigenvalue weighted by Gasteiger charge is 2.44. The molecule has 2 aliphatic carbocycles. The Morgan fingerprint density at radius 2 is 0.796 bits per heavy atom. The topological polar surface area (TPSA) is 0 Å². The molecule has 0 fully saturated rings. The molecule has 9 aromatic carbocycles. The van der Waals surface area contributed by atoms with Crippen molar-refractivity contribution >= 4 is 32.3 Å². The highest BCUT2D eigenvalue weighted by atomic mass is 14.5. The second kappa shape index (κ2) is 11.1. The Bertz CT molecular complexity index is 2970. The summed E-state index contributed by atoms with van der Waals surface area (Å²) in [5.74, 6) is 0. The standard InChI is InChI=1S/C54H40/c1-53(2)46-25-15-14-24-45(46)51-47(53)31-30-44-38-27-26-34(32-48(38)54(3,4)52(44)51)49-39-20-10-12-22-41(39)50(42-23-13-11-21-40(42)49)43-29-28-35(33-16-6-5-7-17-33)36-18-8-9-19-37(36)43/h5-32H,1-4H3. The van der Waals surface area contributed by atoms with Crippen LogP contribution in [0, 0.1) is 0 Å². The van der Waals surface area contributed by atoms with E-state index < -0.39 is 0 Å². The van der Waals surface area contributed by atoms with Crippen molar-refractivity contribution in [2.24, 2.45) is 0 Å². The Labute approximate surface area is 317 Å². The first-order valence-corrected chi connectivity index (χ1v) is 19.3. The van der Waals surface area contributed by atoms with Gasteiger partial charge in [-0.1, -0.05) is 191 Å². The van der Waals surface area contributed by atoms with Crippen molar-refractivity contribution in [3.63, 3.8) is 0 Å². The quantitative estimate of drug-likeness (QED) is 0.162. The summed E-state index contributed by atoms with van der Waals surface area (Å²) in [6.07, 6.45) is 0. The van der Waals surface area contributed by atoms with Gasteiger partial charge in [0, 0.05) is 10.8 Å². The first kappa shape index (κ1) is 31.3. The van der Waals surface area contributed by atoms with Gasteiger partial charge in [0.15, 0.2) is 0 Å². The Kier molecular flexibility index (Phi) is 6.46. The third kappa shape index (κ3) is 4.14. The van der Waals surface area contributed by atoms with Crippen LogP contribution in [0.15, 0.2) is 170 Å². The predicted molar refractivity (Wildman–Crippen MR) is 230 cm³/mol. The minimum Gasteiger partial charge on any atom is -0.0622 e. The minimum absolute atomic E-state index is 0.0241. The molecule has 11 rings (SSSR count). The highest BCUT2D eigenvalue weighted by Crippen LogP contribution is 2.59. The minimum atomic E-state index is -0.162. The van der Waals surface area contributed by atoms with Crippen molar-refractivity contribution in [3.8, 4) is 55.6 Å². The molecule has 0 unspecified atom stereocenters. The van der Waals surface area contributed by atoms with E-state index in [9.17, 15) is 0 Å². The van der Waals surface area contributed by atoms with Crippen molar-refractivity contribution in [3.05, 3.63) is 192 Å². The average molecular weight is 689 g/mol. The molecule has 0 aromatic heterocycles. The van der Waals surface area contributed by atoms with Gasteiger partial charge < -0.3 is 0 Å². The summed E-state index contributed by atoms with van der Waals surface area (Å²) >= 11 is 0. The second-order valence-electron chi connectivity index (χ2n) is 16.4. The molecule has 0 saturated carbocycles. The van der Waals surface area contributed by atoms with Crippen LogP contribution in [0.2, 0.25) is 0 Å². The van der Waals surface area contributed by atoms with Crippen LogP contribution in [0.3, 0.4) is 0 Å². The van der Waals surface area contributed by atoms with Gasteiger partial charge in [-0.25, -0.2) is 0 Å². The summed E-state index contributed by atoms with van der Waals surface area (Å²) in [5.41, 5.74) is 18.8. The summed E-state index contributed by atoms with van der Waals surface area (Å²) < 4.78 is 0. The zero-order valence-corrected chi connectivity index (χ0v) is 31.2. The molecule has 0 aliphatic heterocycles. The fourth-order valence-electron chi connectivity index (χ4n) is 10.4. The van der Waals surface area contributed by atoms with Gasteiger partial charge >= 0.3 is 0 Å². The van der Waals surface area contributed by atoms with E-state index in [0.717, 1.165) is 0 Å². The zero-order valence-electron chi connectivity index (χ0n) is 31.2. The maximum atomic E-state index is 2.52. The van der Waals surface area contributed by atoms with E-state index >= 15 is 0 Å². The van der Waals surface area contributed by atoms with E-state index in [0.29, 0.717) is 0 Å². The summed E-state index contributed by atoms with van der Waals surface area (Å²) in [7, 11) is 0. The molecule has 0 atom stereocenters. The number of benzene rings is 9. The van der Waals surface area contributed by atoms with E-state index in [4.69, 9.17) is 0 Å². The van der Waals surface area contributed by atoms with Crippen LogP contribution in [-0.4, -0.2) is 0 Å². The van der Waals surface area contributed by atoms with Crippen LogP contribution in [0.1, 0.15) is 49.9 Å². The molecule has 0 bridgehead atoms. The molecule has 0 amide bonds. The first-order valence-electron chi connectivity index (χ1n) is 19.3. The molecule has 2 aliphatic rings. The lowest BCUT2D eigenvalue weighted by atomic mass is 9.76. The van der Waals surface area contributed by atoms with Gasteiger partial charge in [-0.3, -0.25) is 0 Å². The molecule has 9 aromatic rings. The smallest absolute Gasteiger partial charge is 0.0165 e. The van der Waals surface area contributed by atoms with Crippen LogP contribution in [0.5, 0.6) is 0 Å². The predicted octanol–water partition coefficient (Wildman–Crippen LogP) is 14.8. The van der Waals surface area contributed by atoms with Gasteiger partial charge in [0.1, 0.15) is 0 Å². The molecular formula is C54H40. The van der Waals surface area contributed by atoms with E-state index in [1.165, 1.54) is 110 Å². The van der Waals surface area contributed by atoms with Gasteiger partial charge in [-0.15, -0.1) is 0 Å². The number of hydrogen-bond acceptors (Lipinski definition) is 0. The fourth-order valence-corrected chi connectivity index (χ4v) is 10.4. The summed E-state index contributed by atoms with van der Waals surface area (Å²) in [6.45, 7) is 9.66. The van der Waals surface area contributed by atoms with Gasteiger partial charge in [0.2, 0.25) is 0 Å². The van der Waals surface area contributed by atoms with Crippen LogP contribution < -0.4 is 0 Å². The lowest BCUT2D eigenvalue weighted by Gasteiger charge is -2.26. The van der Waals surface area contributed by atoms with Crippen molar-refractivity contribution in [2.45, 2.75) is 38.5 Å². The van der Waals surface area contributed by atoms with Crippen LogP contribution >= 0.6 is 0 Å².